The van der Waals surface area contributed by atoms with Gasteiger partial charge >= 0.3 is 0 Å². The molecule has 4 heterocycles. The van der Waals surface area contributed by atoms with Crippen LogP contribution in [-0.4, -0.2) is 28.7 Å². The summed E-state index contributed by atoms with van der Waals surface area (Å²) in [6, 6.07) is 101. The average molecular weight is 1030 g/mol. The highest BCUT2D eigenvalue weighted by Crippen LogP contribution is 2.43. The van der Waals surface area contributed by atoms with Gasteiger partial charge in [-0.1, -0.05) is 188 Å². The summed E-state index contributed by atoms with van der Waals surface area (Å²) in [5.41, 5.74) is 15.6. The zero-order valence-electron chi connectivity index (χ0n) is 43.7. The van der Waals surface area contributed by atoms with Crippen molar-refractivity contribution >= 4 is 97.7 Å². The summed E-state index contributed by atoms with van der Waals surface area (Å²) in [6.45, 7) is 0. The third-order valence-corrected chi connectivity index (χ3v) is 16.6. The van der Waals surface area contributed by atoms with Crippen LogP contribution < -0.4 is 0 Å². The van der Waals surface area contributed by atoms with E-state index >= 15 is 0 Å². The number of para-hydroxylation sites is 4. The maximum Gasteiger partial charge on any atom is 0.164 e. The van der Waals surface area contributed by atoms with E-state index in [0.29, 0.717) is 17.5 Å². The molecule has 0 radical (unpaired) electrons. The topological polar surface area (TPSA) is 53.5 Å². The molecule has 0 N–H and O–H groups in total. The van der Waals surface area contributed by atoms with Crippen molar-refractivity contribution in [1.82, 2.24) is 28.7 Å². The fourth-order valence-electron chi connectivity index (χ4n) is 13.0. The molecule has 0 unspecified atom stereocenters. The molecule has 376 valence electrons. The van der Waals surface area contributed by atoms with Crippen molar-refractivity contribution in [2.24, 2.45) is 0 Å². The Balaban J connectivity index is 0.805. The second-order valence-electron chi connectivity index (χ2n) is 21.1. The highest BCUT2D eigenvalue weighted by atomic mass is 15.0. The number of nitrogens with zero attached hydrogens (tertiary/aromatic N) is 6. The second-order valence-corrected chi connectivity index (χ2v) is 21.1. The second kappa shape index (κ2) is 17.8. The lowest BCUT2D eigenvalue weighted by Gasteiger charge is -2.15. The number of benzene rings is 13. The van der Waals surface area contributed by atoms with E-state index in [4.69, 9.17) is 15.0 Å². The lowest BCUT2D eigenvalue weighted by Crippen LogP contribution is -2.00. The van der Waals surface area contributed by atoms with Gasteiger partial charge < -0.3 is 13.7 Å². The van der Waals surface area contributed by atoms with E-state index < -0.39 is 0 Å². The Kier molecular flexibility index (Phi) is 9.91. The summed E-state index contributed by atoms with van der Waals surface area (Å²) in [5.74, 6) is 1.91. The molecule has 0 aliphatic heterocycles. The minimum Gasteiger partial charge on any atom is -0.309 e. The van der Waals surface area contributed by atoms with Gasteiger partial charge in [0.05, 0.1) is 33.1 Å². The Hall–Kier alpha value is -11.0. The molecule has 0 aliphatic carbocycles. The molecule has 0 saturated carbocycles. The molecule has 0 saturated heterocycles. The van der Waals surface area contributed by atoms with Crippen LogP contribution >= 0.6 is 0 Å². The van der Waals surface area contributed by atoms with Crippen LogP contribution in [0.2, 0.25) is 0 Å². The van der Waals surface area contributed by atoms with Crippen molar-refractivity contribution in [1.29, 1.82) is 0 Å². The third-order valence-electron chi connectivity index (χ3n) is 16.6. The standard InChI is InChI=1S/C75H46N6/c1-4-18-47(19-5-1)73-76-74(48-20-6-2-7-21-48)78-75(77-73)51-32-37-57-55-24-10-11-25-56(55)58-38-35-53(45-63(58)62(57)44-51)80-68-30-16-12-26-59(68)64-42-49(33-39-70(64)80)50-34-40-71-65(43-50)60-27-13-17-31-69(60)81(71)54-36-41-72-66(46-54)61-28-14-15-29-67(61)79(72)52-22-8-3-9-23-52/h1-46H. The van der Waals surface area contributed by atoms with Gasteiger partial charge in [-0.15, -0.1) is 0 Å². The Morgan fingerprint density at radius 3 is 0.988 bits per heavy atom. The summed E-state index contributed by atoms with van der Waals surface area (Å²) in [6.07, 6.45) is 0. The van der Waals surface area contributed by atoms with Gasteiger partial charge in [-0.2, -0.15) is 0 Å². The molecule has 4 aromatic heterocycles. The number of aromatic nitrogens is 6. The van der Waals surface area contributed by atoms with Crippen LogP contribution in [0.3, 0.4) is 0 Å². The molecule has 17 aromatic rings. The monoisotopic (exact) mass is 1030 g/mol. The van der Waals surface area contributed by atoms with Crippen LogP contribution in [0, 0.1) is 0 Å². The van der Waals surface area contributed by atoms with Crippen molar-refractivity contribution in [3.05, 3.63) is 279 Å². The molecule has 0 fully saturated rings. The van der Waals surface area contributed by atoms with Crippen LogP contribution in [-0.2, 0) is 0 Å². The number of hydrogen-bond donors (Lipinski definition) is 0. The summed E-state index contributed by atoms with van der Waals surface area (Å²) in [7, 11) is 0. The van der Waals surface area contributed by atoms with E-state index in [9.17, 15) is 0 Å². The summed E-state index contributed by atoms with van der Waals surface area (Å²) >= 11 is 0. The predicted molar refractivity (Wildman–Crippen MR) is 337 cm³/mol. The largest absolute Gasteiger partial charge is 0.309 e. The van der Waals surface area contributed by atoms with Gasteiger partial charge in [-0.25, -0.2) is 15.0 Å². The fourth-order valence-corrected chi connectivity index (χ4v) is 13.0. The van der Waals surface area contributed by atoms with E-state index in [1.54, 1.807) is 0 Å². The zero-order valence-corrected chi connectivity index (χ0v) is 43.7. The molecular weight excluding hydrogens is 985 g/mol. The number of fused-ring (bicyclic) bond motifs is 15. The molecule has 6 nitrogen and oxygen atoms in total. The van der Waals surface area contributed by atoms with Crippen LogP contribution in [0.5, 0.6) is 0 Å². The number of hydrogen-bond acceptors (Lipinski definition) is 3. The Labute approximate surface area is 465 Å². The third kappa shape index (κ3) is 7.04. The van der Waals surface area contributed by atoms with Crippen LogP contribution in [0.15, 0.2) is 279 Å². The fraction of sp³-hybridized carbons (Fsp3) is 0. The first-order valence-corrected chi connectivity index (χ1v) is 27.6. The quantitative estimate of drug-likeness (QED) is 0.150. The predicted octanol–water partition coefficient (Wildman–Crippen LogP) is 19.3. The SMILES string of the molecule is c1ccc(-c2nc(-c3ccccc3)nc(-c3ccc4c5ccccc5c5ccc(-n6c7ccccc7c7cc(-c8ccc9c(c8)c8ccccc8n9-c8ccc9c(c8)c8ccccc8n9-c8ccccc8)ccc76)cc5c4c3)n2)cc1. The summed E-state index contributed by atoms with van der Waals surface area (Å²) in [5, 5.41) is 14.4. The van der Waals surface area contributed by atoms with Crippen molar-refractivity contribution in [3.63, 3.8) is 0 Å². The van der Waals surface area contributed by atoms with Gasteiger partial charge in [-0.3, -0.25) is 0 Å². The highest BCUT2D eigenvalue weighted by molar-refractivity contribution is 6.26. The van der Waals surface area contributed by atoms with E-state index in [2.05, 4.69) is 256 Å². The van der Waals surface area contributed by atoms with Crippen molar-refractivity contribution < 1.29 is 0 Å². The molecule has 0 amide bonds. The van der Waals surface area contributed by atoms with Crippen LogP contribution in [0.4, 0.5) is 0 Å². The van der Waals surface area contributed by atoms with Gasteiger partial charge in [0.2, 0.25) is 0 Å². The maximum absolute atomic E-state index is 5.14. The molecule has 13 aromatic carbocycles. The molecule has 81 heavy (non-hydrogen) atoms. The van der Waals surface area contributed by atoms with Crippen molar-refractivity contribution in [2.45, 2.75) is 0 Å². The first-order valence-electron chi connectivity index (χ1n) is 27.6. The van der Waals surface area contributed by atoms with Gasteiger partial charge in [0.15, 0.2) is 17.5 Å². The maximum atomic E-state index is 5.14. The van der Waals surface area contributed by atoms with Gasteiger partial charge in [0.25, 0.3) is 0 Å². The van der Waals surface area contributed by atoms with Gasteiger partial charge in [0, 0.05) is 66.1 Å². The summed E-state index contributed by atoms with van der Waals surface area (Å²) < 4.78 is 7.25. The average Bonchev–Trinajstić information content (AvgIpc) is 4.40. The lowest BCUT2D eigenvalue weighted by atomic mass is 9.93. The van der Waals surface area contributed by atoms with Crippen molar-refractivity contribution in [2.75, 3.05) is 0 Å². The normalized spacial score (nSPS) is 12.0. The Bertz CT molecular complexity index is 5340. The summed E-state index contributed by atoms with van der Waals surface area (Å²) in [4.78, 5) is 15.3. The zero-order chi connectivity index (χ0) is 53.1. The molecular formula is C75H46N6. The number of rotatable bonds is 7. The Morgan fingerprint density at radius 1 is 0.173 bits per heavy atom. The van der Waals surface area contributed by atoms with E-state index in [1.807, 2.05) is 36.4 Å². The minimum absolute atomic E-state index is 0.631. The lowest BCUT2D eigenvalue weighted by molar-refractivity contribution is 1.07. The highest BCUT2D eigenvalue weighted by Gasteiger charge is 2.21. The minimum atomic E-state index is 0.631. The van der Waals surface area contributed by atoms with Crippen LogP contribution in [0.1, 0.15) is 0 Å². The molecule has 0 atom stereocenters. The van der Waals surface area contributed by atoms with E-state index in [0.717, 1.165) is 55.6 Å². The van der Waals surface area contributed by atoms with Crippen molar-refractivity contribution in [3.8, 4) is 62.4 Å². The van der Waals surface area contributed by atoms with Gasteiger partial charge in [0.1, 0.15) is 0 Å². The Morgan fingerprint density at radius 2 is 0.481 bits per heavy atom. The van der Waals surface area contributed by atoms with E-state index in [-0.39, 0.29) is 0 Å². The molecule has 0 aliphatic rings. The molecule has 0 bridgehead atoms. The smallest absolute Gasteiger partial charge is 0.164 e. The first kappa shape index (κ1) is 45.1. The first-order chi connectivity index (χ1) is 40.2. The molecule has 0 spiro atoms. The molecule has 17 rings (SSSR count). The van der Waals surface area contributed by atoms with E-state index in [1.165, 1.54) is 87.1 Å². The molecule has 6 heteroatoms. The van der Waals surface area contributed by atoms with Gasteiger partial charge in [-0.05, 0) is 134 Å². The van der Waals surface area contributed by atoms with Crippen LogP contribution in [0.25, 0.3) is 160 Å².